The second-order valence-electron chi connectivity index (χ2n) is 2.09. The van der Waals surface area contributed by atoms with Gasteiger partial charge in [0.15, 0.2) is 0 Å². The maximum atomic E-state index is 10.1. The van der Waals surface area contributed by atoms with Gasteiger partial charge in [-0.25, -0.2) is 0 Å². The second-order valence-corrected chi connectivity index (χ2v) is 2.09. The van der Waals surface area contributed by atoms with E-state index in [1.54, 1.807) is 6.08 Å². The zero-order valence-electron chi connectivity index (χ0n) is 8.33. The van der Waals surface area contributed by atoms with E-state index >= 15 is 0 Å². The summed E-state index contributed by atoms with van der Waals surface area (Å²) >= 11 is 0. The number of esters is 2. The van der Waals surface area contributed by atoms with Crippen molar-refractivity contribution >= 4 is 11.9 Å². The lowest BCUT2D eigenvalue weighted by atomic mass is 10.7. The number of carbonyl (C=O) groups is 2. The Hall–Kier alpha value is -1.32. The molecule has 0 fully saturated rings. The Morgan fingerprint density at radius 3 is 1.54 bits per heavy atom. The van der Waals surface area contributed by atoms with E-state index in [1.165, 1.54) is 13.8 Å². The lowest BCUT2D eigenvalue weighted by molar-refractivity contribution is -0.149. The molecule has 0 rings (SSSR count). The van der Waals surface area contributed by atoms with Gasteiger partial charge in [0.1, 0.15) is 13.2 Å². The normalized spacial score (nSPS) is 7.62. The largest absolute Gasteiger partial charge is 0.462 e. The lowest BCUT2D eigenvalue weighted by Crippen LogP contribution is -2.09. The molecule has 0 N–H and O–H groups in total. The minimum absolute atomic E-state index is 0.134. The van der Waals surface area contributed by atoms with Crippen molar-refractivity contribution in [2.75, 3.05) is 13.2 Å². The summed E-state index contributed by atoms with van der Waals surface area (Å²) in [5.41, 5.74) is 0. The molecular formula is C9H16O4. The molecule has 0 aliphatic heterocycles. The van der Waals surface area contributed by atoms with Crippen LogP contribution in [0.25, 0.3) is 0 Å². The second kappa shape index (κ2) is 10.7. The van der Waals surface area contributed by atoms with Crippen LogP contribution in [0.5, 0.6) is 0 Å². The fourth-order valence-electron chi connectivity index (χ4n) is 0.371. The summed E-state index contributed by atoms with van der Waals surface area (Å²) < 4.78 is 8.95. The van der Waals surface area contributed by atoms with Crippen LogP contribution in [-0.2, 0) is 19.1 Å². The van der Waals surface area contributed by atoms with Crippen LogP contribution in [0, 0.1) is 0 Å². The van der Waals surface area contributed by atoms with Crippen LogP contribution in [0.15, 0.2) is 12.7 Å². The molecule has 0 amide bonds. The first-order valence-corrected chi connectivity index (χ1v) is 3.88. The third-order valence-corrected chi connectivity index (χ3v) is 0.694. The Bertz CT molecular complexity index is 147. The Morgan fingerprint density at radius 1 is 1.15 bits per heavy atom. The van der Waals surface area contributed by atoms with Gasteiger partial charge in [-0.05, 0) is 6.92 Å². The van der Waals surface area contributed by atoms with E-state index in [9.17, 15) is 9.59 Å². The topological polar surface area (TPSA) is 52.6 Å². The van der Waals surface area contributed by atoms with E-state index in [0.29, 0.717) is 0 Å². The summed E-state index contributed by atoms with van der Waals surface area (Å²) in [7, 11) is 0. The van der Waals surface area contributed by atoms with Gasteiger partial charge in [0.25, 0.3) is 0 Å². The average molecular weight is 188 g/mol. The van der Waals surface area contributed by atoms with E-state index in [0.717, 1.165) is 0 Å². The predicted molar refractivity (Wildman–Crippen MR) is 49.1 cm³/mol. The van der Waals surface area contributed by atoms with Crippen LogP contribution < -0.4 is 0 Å². The van der Waals surface area contributed by atoms with E-state index in [4.69, 9.17) is 0 Å². The monoisotopic (exact) mass is 188 g/mol. The van der Waals surface area contributed by atoms with Crippen molar-refractivity contribution in [3.63, 3.8) is 0 Å². The number of carbonyl (C=O) groups excluding carboxylic acids is 2. The summed E-state index contributed by atoms with van der Waals surface area (Å²) in [5, 5.41) is 0. The number of rotatable bonds is 3. The lowest BCUT2D eigenvalue weighted by Gasteiger charge is -2.00. The van der Waals surface area contributed by atoms with Crippen LogP contribution >= 0.6 is 0 Å². The average Bonchev–Trinajstić information content (AvgIpc) is 1.99. The third-order valence-electron chi connectivity index (χ3n) is 0.694. The van der Waals surface area contributed by atoms with Crippen LogP contribution in [0.2, 0.25) is 0 Å². The SMILES string of the molecule is C=CC.CC(=O)OCCOC(C)=O. The van der Waals surface area contributed by atoms with Gasteiger partial charge in [-0.2, -0.15) is 0 Å². The van der Waals surface area contributed by atoms with Gasteiger partial charge in [-0.15, -0.1) is 6.58 Å². The zero-order valence-corrected chi connectivity index (χ0v) is 8.33. The molecule has 0 heterocycles. The van der Waals surface area contributed by atoms with Gasteiger partial charge in [-0.1, -0.05) is 6.08 Å². The molecule has 13 heavy (non-hydrogen) atoms. The molecule has 4 nitrogen and oxygen atoms in total. The molecule has 0 radical (unpaired) electrons. The fraction of sp³-hybridized carbons (Fsp3) is 0.556. The molecule has 0 saturated heterocycles. The molecule has 0 aliphatic rings. The molecule has 0 bridgehead atoms. The van der Waals surface area contributed by atoms with Crippen molar-refractivity contribution in [2.24, 2.45) is 0 Å². The molecule has 0 spiro atoms. The molecule has 0 aromatic heterocycles. The van der Waals surface area contributed by atoms with Crippen LogP contribution in [0.4, 0.5) is 0 Å². The van der Waals surface area contributed by atoms with Crippen LogP contribution in [-0.4, -0.2) is 25.2 Å². The predicted octanol–water partition coefficient (Wildman–Crippen LogP) is 1.30. The van der Waals surface area contributed by atoms with Crippen molar-refractivity contribution in [1.82, 2.24) is 0 Å². The van der Waals surface area contributed by atoms with Crippen molar-refractivity contribution in [2.45, 2.75) is 20.8 Å². The van der Waals surface area contributed by atoms with E-state index in [2.05, 4.69) is 16.1 Å². The summed E-state index contributed by atoms with van der Waals surface area (Å²) in [6.07, 6.45) is 1.75. The summed E-state index contributed by atoms with van der Waals surface area (Å²) in [6, 6.07) is 0. The maximum absolute atomic E-state index is 10.1. The molecule has 0 unspecified atom stereocenters. The van der Waals surface area contributed by atoms with Gasteiger partial charge in [0.05, 0.1) is 0 Å². The highest BCUT2D eigenvalue weighted by Gasteiger charge is 1.94. The molecule has 4 heteroatoms. The molecule has 0 saturated carbocycles. The Kier molecular flexibility index (Phi) is 11.7. The first-order chi connectivity index (χ1) is 6.04. The molecule has 0 aromatic carbocycles. The molecule has 0 aromatic rings. The Labute approximate surface area is 78.5 Å². The number of ether oxygens (including phenoxy) is 2. The minimum Gasteiger partial charge on any atom is -0.462 e. The third kappa shape index (κ3) is 24.9. The Balaban J connectivity index is 0. The number of hydrogen-bond acceptors (Lipinski definition) is 4. The van der Waals surface area contributed by atoms with Gasteiger partial charge in [0, 0.05) is 13.8 Å². The Morgan fingerprint density at radius 2 is 1.38 bits per heavy atom. The van der Waals surface area contributed by atoms with Gasteiger partial charge < -0.3 is 9.47 Å². The smallest absolute Gasteiger partial charge is 0.302 e. The summed E-state index contributed by atoms with van der Waals surface area (Å²) in [5.74, 6) is -0.737. The molecular weight excluding hydrogens is 172 g/mol. The van der Waals surface area contributed by atoms with Crippen molar-refractivity contribution < 1.29 is 19.1 Å². The van der Waals surface area contributed by atoms with Crippen LogP contribution in [0.3, 0.4) is 0 Å². The summed E-state index contributed by atoms with van der Waals surface area (Å²) in [4.78, 5) is 20.3. The standard InChI is InChI=1S/C6H10O4.C3H6/c1-5(7)9-3-4-10-6(2)8;1-3-2/h3-4H2,1-2H3;3H,1H2,2H3. The van der Waals surface area contributed by atoms with Crippen molar-refractivity contribution in [3.8, 4) is 0 Å². The van der Waals surface area contributed by atoms with Gasteiger partial charge in [0.2, 0.25) is 0 Å². The van der Waals surface area contributed by atoms with Crippen LogP contribution in [0.1, 0.15) is 20.8 Å². The fourth-order valence-corrected chi connectivity index (χ4v) is 0.371. The highest BCUT2D eigenvalue weighted by molar-refractivity contribution is 5.66. The van der Waals surface area contributed by atoms with Gasteiger partial charge in [-0.3, -0.25) is 9.59 Å². The number of allylic oxidation sites excluding steroid dienone is 1. The maximum Gasteiger partial charge on any atom is 0.302 e. The van der Waals surface area contributed by atoms with Crippen molar-refractivity contribution in [3.05, 3.63) is 12.7 Å². The first-order valence-electron chi connectivity index (χ1n) is 3.88. The van der Waals surface area contributed by atoms with E-state index < -0.39 is 0 Å². The highest BCUT2D eigenvalue weighted by Crippen LogP contribution is 1.79. The minimum atomic E-state index is -0.368. The first kappa shape index (κ1) is 14.2. The molecule has 76 valence electrons. The van der Waals surface area contributed by atoms with E-state index in [1.807, 2.05) is 6.92 Å². The van der Waals surface area contributed by atoms with Crippen molar-refractivity contribution in [1.29, 1.82) is 0 Å². The number of hydrogen-bond donors (Lipinski definition) is 0. The van der Waals surface area contributed by atoms with E-state index in [-0.39, 0.29) is 25.2 Å². The van der Waals surface area contributed by atoms with Gasteiger partial charge >= 0.3 is 11.9 Å². The quantitative estimate of drug-likeness (QED) is 0.380. The molecule has 0 atom stereocenters. The summed E-state index contributed by atoms with van der Waals surface area (Å²) in [6.45, 7) is 8.12. The zero-order chi connectivity index (χ0) is 10.7. The highest BCUT2D eigenvalue weighted by atomic mass is 16.6. The molecule has 0 aliphatic carbocycles.